The van der Waals surface area contributed by atoms with Gasteiger partial charge in [0.2, 0.25) is 0 Å². The van der Waals surface area contributed by atoms with Crippen LogP contribution in [0.4, 0.5) is 5.82 Å². The zero-order chi connectivity index (χ0) is 17.8. The van der Waals surface area contributed by atoms with Crippen LogP contribution in [0, 0.1) is 0 Å². The Kier molecular flexibility index (Phi) is 5.87. The molecule has 1 aromatic carbocycles. The van der Waals surface area contributed by atoms with Gasteiger partial charge in [-0.25, -0.2) is 4.98 Å². The number of hydrogen-bond donors (Lipinski definition) is 1. The van der Waals surface area contributed by atoms with Crippen LogP contribution in [0.25, 0.3) is 16.9 Å². The lowest BCUT2D eigenvalue weighted by molar-refractivity contribution is 0.591. The standard InChI is InChI=1S/C20H23Cl2N3/c1-3-5-8-15(4-2)23-20-19(16-9-6-7-10-17(16)22)24-18-12-11-14(21)13-25(18)20/h6-7,9-13,15,23H,3-5,8H2,1-2H3. The van der Waals surface area contributed by atoms with Gasteiger partial charge >= 0.3 is 0 Å². The highest BCUT2D eigenvalue weighted by Gasteiger charge is 2.18. The SMILES string of the molecule is CCCCC(CC)Nc1c(-c2ccccc2Cl)nc2ccc(Cl)cn12. The molecule has 1 N–H and O–H groups in total. The lowest BCUT2D eigenvalue weighted by Gasteiger charge is -2.19. The molecule has 0 aliphatic carbocycles. The number of benzene rings is 1. The summed E-state index contributed by atoms with van der Waals surface area (Å²) in [6.45, 7) is 4.43. The Hall–Kier alpha value is -1.71. The number of anilines is 1. The van der Waals surface area contributed by atoms with E-state index in [1.807, 2.05) is 47.0 Å². The average molecular weight is 376 g/mol. The molecule has 25 heavy (non-hydrogen) atoms. The number of nitrogens with one attached hydrogen (secondary N) is 1. The summed E-state index contributed by atoms with van der Waals surface area (Å²) in [6.07, 6.45) is 6.47. The fourth-order valence-electron chi connectivity index (χ4n) is 3.02. The third-order valence-electron chi connectivity index (χ3n) is 4.45. The topological polar surface area (TPSA) is 29.3 Å². The summed E-state index contributed by atoms with van der Waals surface area (Å²) in [5.41, 5.74) is 2.65. The van der Waals surface area contributed by atoms with Crippen molar-refractivity contribution < 1.29 is 0 Å². The first-order valence-electron chi connectivity index (χ1n) is 8.83. The van der Waals surface area contributed by atoms with Gasteiger partial charge < -0.3 is 5.32 Å². The first-order valence-corrected chi connectivity index (χ1v) is 9.58. The van der Waals surface area contributed by atoms with Crippen molar-refractivity contribution >= 4 is 34.7 Å². The van der Waals surface area contributed by atoms with Gasteiger partial charge in [-0.15, -0.1) is 0 Å². The predicted octanol–water partition coefficient (Wildman–Crippen LogP) is 6.69. The Morgan fingerprint density at radius 3 is 2.64 bits per heavy atom. The van der Waals surface area contributed by atoms with E-state index in [1.165, 1.54) is 12.8 Å². The van der Waals surface area contributed by atoms with Crippen LogP contribution >= 0.6 is 23.2 Å². The first-order chi connectivity index (χ1) is 12.1. The van der Waals surface area contributed by atoms with Crippen molar-refractivity contribution in [1.82, 2.24) is 9.38 Å². The lowest BCUT2D eigenvalue weighted by atomic mass is 10.1. The molecule has 0 amide bonds. The van der Waals surface area contributed by atoms with E-state index in [9.17, 15) is 0 Å². The second-order valence-electron chi connectivity index (χ2n) is 6.26. The van der Waals surface area contributed by atoms with E-state index in [-0.39, 0.29) is 0 Å². The third-order valence-corrected chi connectivity index (χ3v) is 5.00. The zero-order valence-corrected chi connectivity index (χ0v) is 16.1. The number of halogens is 2. The summed E-state index contributed by atoms with van der Waals surface area (Å²) in [6, 6.07) is 12.0. The number of unbranched alkanes of at least 4 members (excludes halogenated alkanes) is 1. The van der Waals surface area contributed by atoms with Crippen LogP contribution in [0.15, 0.2) is 42.6 Å². The molecule has 132 valence electrons. The van der Waals surface area contributed by atoms with E-state index >= 15 is 0 Å². The average Bonchev–Trinajstić information content (AvgIpc) is 2.96. The smallest absolute Gasteiger partial charge is 0.139 e. The highest BCUT2D eigenvalue weighted by molar-refractivity contribution is 6.33. The Labute approximate surface area is 159 Å². The Morgan fingerprint density at radius 1 is 1.12 bits per heavy atom. The highest BCUT2D eigenvalue weighted by atomic mass is 35.5. The fraction of sp³-hybridized carbons (Fsp3) is 0.350. The summed E-state index contributed by atoms with van der Waals surface area (Å²) in [7, 11) is 0. The molecule has 0 aliphatic rings. The summed E-state index contributed by atoms with van der Waals surface area (Å²) >= 11 is 12.7. The number of hydrogen-bond acceptors (Lipinski definition) is 2. The number of aromatic nitrogens is 2. The second-order valence-corrected chi connectivity index (χ2v) is 7.10. The Bertz CT molecular complexity index is 857. The van der Waals surface area contributed by atoms with Gasteiger partial charge in [-0.3, -0.25) is 4.40 Å². The summed E-state index contributed by atoms with van der Waals surface area (Å²) in [5.74, 6) is 0.952. The maximum atomic E-state index is 6.44. The zero-order valence-electron chi connectivity index (χ0n) is 14.6. The molecule has 1 atom stereocenters. The molecule has 0 bridgehead atoms. The number of nitrogens with zero attached hydrogens (tertiary/aromatic N) is 2. The van der Waals surface area contributed by atoms with Crippen molar-refractivity contribution in [1.29, 1.82) is 0 Å². The van der Waals surface area contributed by atoms with Gasteiger partial charge in [0, 0.05) is 17.8 Å². The van der Waals surface area contributed by atoms with Gasteiger partial charge in [-0.05, 0) is 31.0 Å². The monoisotopic (exact) mass is 375 g/mol. The highest BCUT2D eigenvalue weighted by Crippen LogP contribution is 2.34. The molecule has 5 heteroatoms. The number of imidazole rings is 1. The largest absolute Gasteiger partial charge is 0.367 e. The molecular formula is C20H23Cl2N3. The first kappa shape index (κ1) is 18.1. The quantitative estimate of drug-likeness (QED) is 0.498. The molecule has 0 saturated carbocycles. The van der Waals surface area contributed by atoms with Gasteiger partial charge in [0.15, 0.2) is 0 Å². The van der Waals surface area contributed by atoms with Crippen LogP contribution in [0.2, 0.25) is 10.0 Å². The Balaban J connectivity index is 2.11. The third kappa shape index (κ3) is 3.94. The van der Waals surface area contributed by atoms with Crippen LogP contribution in [-0.4, -0.2) is 15.4 Å². The van der Waals surface area contributed by atoms with E-state index in [1.54, 1.807) is 0 Å². The predicted molar refractivity (Wildman–Crippen MR) is 108 cm³/mol. The molecule has 0 spiro atoms. The van der Waals surface area contributed by atoms with Crippen molar-refractivity contribution in [3.63, 3.8) is 0 Å². The van der Waals surface area contributed by atoms with Crippen molar-refractivity contribution in [3.05, 3.63) is 52.6 Å². The second kappa shape index (κ2) is 8.11. The van der Waals surface area contributed by atoms with Crippen LogP contribution < -0.4 is 5.32 Å². The van der Waals surface area contributed by atoms with E-state index in [2.05, 4.69) is 19.2 Å². The minimum absolute atomic E-state index is 0.389. The molecule has 3 aromatic rings. The van der Waals surface area contributed by atoms with Gasteiger partial charge in [0.05, 0.1) is 10.0 Å². The summed E-state index contributed by atoms with van der Waals surface area (Å²) in [4.78, 5) is 4.81. The minimum atomic E-state index is 0.389. The van der Waals surface area contributed by atoms with Gasteiger partial charge in [0.25, 0.3) is 0 Å². The minimum Gasteiger partial charge on any atom is -0.367 e. The maximum absolute atomic E-state index is 6.44. The van der Waals surface area contributed by atoms with Crippen LogP contribution in [0.5, 0.6) is 0 Å². The summed E-state index contributed by atoms with van der Waals surface area (Å²) < 4.78 is 2.02. The lowest BCUT2D eigenvalue weighted by Crippen LogP contribution is -2.19. The van der Waals surface area contributed by atoms with E-state index in [0.29, 0.717) is 16.1 Å². The molecule has 0 saturated heterocycles. The van der Waals surface area contributed by atoms with Crippen LogP contribution in [-0.2, 0) is 0 Å². The fourth-order valence-corrected chi connectivity index (χ4v) is 3.41. The van der Waals surface area contributed by atoms with Crippen molar-refractivity contribution in [2.24, 2.45) is 0 Å². The van der Waals surface area contributed by atoms with E-state index in [4.69, 9.17) is 28.2 Å². The molecule has 1 unspecified atom stereocenters. The number of fused-ring (bicyclic) bond motifs is 1. The maximum Gasteiger partial charge on any atom is 0.139 e. The number of pyridine rings is 1. The van der Waals surface area contributed by atoms with Crippen molar-refractivity contribution in [3.8, 4) is 11.3 Å². The van der Waals surface area contributed by atoms with Crippen molar-refractivity contribution in [2.75, 3.05) is 5.32 Å². The molecule has 2 aromatic heterocycles. The molecule has 3 nitrogen and oxygen atoms in total. The van der Waals surface area contributed by atoms with Gasteiger partial charge in [0.1, 0.15) is 17.2 Å². The molecule has 0 fully saturated rings. The van der Waals surface area contributed by atoms with Crippen molar-refractivity contribution in [2.45, 2.75) is 45.6 Å². The number of rotatable bonds is 7. The normalized spacial score (nSPS) is 12.5. The van der Waals surface area contributed by atoms with Crippen LogP contribution in [0.3, 0.4) is 0 Å². The Morgan fingerprint density at radius 2 is 1.92 bits per heavy atom. The molecule has 0 aliphatic heterocycles. The molecule has 0 radical (unpaired) electrons. The van der Waals surface area contributed by atoms with E-state index in [0.717, 1.165) is 35.6 Å². The summed E-state index contributed by atoms with van der Waals surface area (Å²) in [5, 5.41) is 5.07. The van der Waals surface area contributed by atoms with Gasteiger partial charge in [-0.1, -0.05) is 68.1 Å². The molecule has 2 heterocycles. The molecule has 3 rings (SSSR count). The van der Waals surface area contributed by atoms with E-state index < -0.39 is 0 Å². The van der Waals surface area contributed by atoms with Gasteiger partial charge in [-0.2, -0.15) is 0 Å². The molecular weight excluding hydrogens is 353 g/mol. The van der Waals surface area contributed by atoms with Crippen LogP contribution in [0.1, 0.15) is 39.5 Å².